The van der Waals surface area contributed by atoms with E-state index in [1.165, 1.54) is 24.8 Å². The highest BCUT2D eigenvalue weighted by Crippen LogP contribution is 2.25. The van der Waals surface area contributed by atoms with Crippen molar-refractivity contribution in [3.63, 3.8) is 0 Å². The van der Waals surface area contributed by atoms with Crippen LogP contribution in [0.25, 0.3) is 0 Å². The average Bonchev–Trinajstić information content (AvgIpc) is 3.02. The molecule has 2 aliphatic heterocycles. The molecule has 1 unspecified atom stereocenters. The van der Waals surface area contributed by atoms with Gasteiger partial charge in [0, 0.05) is 25.3 Å². The van der Waals surface area contributed by atoms with Crippen molar-refractivity contribution in [3.8, 4) is 0 Å². The number of ether oxygens (including phenoxy) is 1. The van der Waals surface area contributed by atoms with Crippen molar-refractivity contribution >= 4 is 0 Å². The molecular formula is C13H21N3O. The second-order valence-corrected chi connectivity index (χ2v) is 5.25. The molecule has 3 heterocycles. The summed E-state index contributed by atoms with van der Waals surface area (Å²) in [6.07, 6.45) is 7.99. The fourth-order valence-corrected chi connectivity index (χ4v) is 2.84. The van der Waals surface area contributed by atoms with Crippen LogP contribution in [0.5, 0.6) is 0 Å². The molecule has 0 amide bonds. The van der Waals surface area contributed by atoms with E-state index in [2.05, 4.69) is 27.5 Å². The highest BCUT2D eigenvalue weighted by atomic mass is 16.5. The Balaban J connectivity index is 1.60. The van der Waals surface area contributed by atoms with Crippen LogP contribution < -0.4 is 5.32 Å². The first-order chi connectivity index (χ1) is 8.42. The fourth-order valence-electron chi connectivity index (χ4n) is 2.84. The predicted molar refractivity (Wildman–Crippen MR) is 66.0 cm³/mol. The third kappa shape index (κ3) is 2.69. The standard InChI is InChI=1S/C13H21N3O/c1-4-14-5-2-12(1)13-7-15-16(9-13)8-11-3-6-17-10-11/h7,9,11-12,14H,1-6,8,10H2. The first-order valence-corrected chi connectivity index (χ1v) is 6.72. The van der Waals surface area contributed by atoms with E-state index in [4.69, 9.17) is 4.74 Å². The Morgan fingerprint density at radius 1 is 1.35 bits per heavy atom. The minimum Gasteiger partial charge on any atom is -0.381 e. The van der Waals surface area contributed by atoms with Gasteiger partial charge >= 0.3 is 0 Å². The lowest BCUT2D eigenvalue weighted by molar-refractivity contribution is 0.181. The monoisotopic (exact) mass is 235 g/mol. The fraction of sp³-hybridized carbons (Fsp3) is 0.769. The van der Waals surface area contributed by atoms with E-state index >= 15 is 0 Å². The normalized spacial score (nSPS) is 26.5. The van der Waals surface area contributed by atoms with Crippen molar-refractivity contribution in [1.29, 1.82) is 0 Å². The predicted octanol–water partition coefficient (Wildman–Crippen LogP) is 1.39. The second-order valence-electron chi connectivity index (χ2n) is 5.25. The lowest BCUT2D eigenvalue weighted by Gasteiger charge is -2.21. The minimum absolute atomic E-state index is 0.663. The van der Waals surface area contributed by atoms with Gasteiger partial charge < -0.3 is 10.1 Å². The smallest absolute Gasteiger partial charge is 0.0524 e. The maximum atomic E-state index is 5.40. The molecule has 0 aliphatic carbocycles. The maximum absolute atomic E-state index is 5.40. The molecule has 2 saturated heterocycles. The van der Waals surface area contributed by atoms with Gasteiger partial charge in [-0.1, -0.05) is 0 Å². The van der Waals surface area contributed by atoms with E-state index in [9.17, 15) is 0 Å². The number of piperidine rings is 1. The Morgan fingerprint density at radius 2 is 2.24 bits per heavy atom. The highest BCUT2D eigenvalue weighted by Gasteiger charge is 2.19. The Morgan fingerprint density at radius 3 is 3.00 bits per heavy atom. The third-order valence-corrected chi connectivity index (χ3v) is 3.93. The molecule has 4 nitrogen and oxygen atoms in total. The van der Waals surface area contributed by atoms with Gasteiger partial charge in [-0.3, -0.25) is 4.68 Å². The molecule has 1 atom stereocenters. The van der Waals surface area contributed by atoms with Gasteiger partial charge in [0.1, 0.15) is 0 Å². The average molecular weight is 235 g/mol. The maximum Gasteiger partial charge on any atom is 0.0524 e. The van der Waals surface area contributed by atoms with Gasteiger partial charge in [-0.25, -0.2) is 0 Å². The Labute approximate surface area is 102 Å². The molecule has 1 aromatic rings. The van der Waals surface area contributed by atoms with Crippen molar-refractivity contribution < 1.29 is 4.74 Å². The summed E-state index contributed by atoms with van der Waals surface area (Å²) in [7, 11) is 0. The molecule has 3 rings (SSSR count). The Kier molecular flexibility index (Phi) is 3.43. The van der Waals surface area contributed by atoms with Crippen molar-refractivity contribution in [3.05, 3.63) is 18.0 Å². The van der Waals surface area contributed by atoms with Gasteiger partial charge in [-0.15, -0.1) is 0 Å². The molecule has 0 radical (unpaired) electrons. The van der Waals surface area contributed by atoms with E-state index in [1.807, 2.05) is 0 Å². The van der Waals surface area contributed by atoms with Crippen LogP contribution in [0.3, 0.4) is 0 Å². The van der Waals surface area contributed by atoms with Crippen molar-refractivity contribution in [2.75, 3.05) is 26.3 Å². The van der Waals surface area contributed by atoms with Crippen LogP contribution in [0.4, 0.5) is 0 Å². The molecule has 0 spiro atoms. The molecular weight excluding hydrogens is 214 g/mol. The second kappa shape index (κ2) is 5.19. The van der Waals surface area contributed by atoms with Crippen LogP contribution in [0.2, 0.25) is 0 Å². The SMILES string of the molecule is c1nn(CC2CCOC2)cc1C1CCNCC1. The van der Waals surface area contributed by atoms with Gasteiger partial charge in [0.25, 0.3) is 0 Å². The molecule has 17 heavy (non-hydrogen) atoms. The highest BCUT2D eigenvalue weighted by molar-refractivity contribution is 5.12. The van der Waals surface area contributed by atoms with E-state index < -0.39 is 0 Å². The summed E-state index contributed by atoms with van der Waals surface area (Å²) in [6, 6.07) is 0. The van der Waals surface area contributed by atoms with E-state index in [0.29, 0.717) is 11.8 Å². The molecule has 0 saturated carbocycles. The van der Waals surface area contributed by atoms with Gasteiger partial charge in [-0.2, -0.15) is 5.10 Å². The van der Waals surface area contributed by atoms with Gasteiger partial charge in [0.15, 0.2) is 0 Å². The Bertz CT molecular complexity index is 351. The summed E-state index contributed by atoms with van der Waals surface area (Å²) < 4.78 is 7.51. The molecule has 1 aromatic heterocycles. The zero-order valence-corrected chi connectivity index (χ0v) is 10.3. The zero-order valence-electron chi connectivity index (χ0n) is 10.3. The van der Waals surface area contributed by atoms with Crippen molar-refractivity contribution in [2.45, 2.75) is 31.7 Å². The zero-order chi connectivity index (χ0) is 11.5. The van der Waals surface area contributed by atoms with Crippen molar-refractivity contribution in [1.82, 2.24) is 15.1 Å². The number of nitrogens with one attached hydrogen (secondary N) is 1. The number of hydrogen-bond donors (Lipinski definition) is 1. The van der Waals surface area contributed by atoms with Crippen LogP contribution in [0.1, 0.15) is 30.7 Å². The van der Waals surface area contributed by atoms with Crippen LogP contribution in [0.15, 0.2) is 12.4 Å². The largest absolute Gasteiger partial charge is 0.381 e. The number of aromatic nitrogens is 2. The molecule has 2 aliphatic rings. The molecule has 2 fully saturated rings. The summed E-state index contributed by atoms with van der Waals surface area (Å²) in [5, 5.41) is 7.90. The van der Waals surface area contributed by atoms with E-state index in [0.717, 1.165) is 32.8 Å². The van der Waals surface area contributed by atoms with Gasteiger partial charge in [-0.05, 0) is 43.8 Å². The molecule has 0 bridgehead atoms. The summed E-state index contributed by atoms with van der Waals surface area (Å²) in [4.78, 5) is 0. The van der Waals surface area contributed by atoms with Crippen molar-refractivity contribution in [2.24, 2.45) is 5.92 Å². The van der Waals surface area contributed by atoms with Crippen LogP contribution in [0, 0.1) is 5.92 Å². The van der Waals surface area contributed by atoms with Gasteiger partial charge in [0.05, 0.1) is 12.8 Å². The molecule has 94 valence electrons. The summed E-state index contributed by atoms with van der Waals surface area (Å²) >= 11 is 0. The number of nitrogens with zero attached hydrogens (tertiary/aromatic N) is 2. The first kappa shape index (κ1) is 11.2. The Hall–Kier alpha value is -0.870. The number of hydrogen-bond acceptors (Lipinski definition) is 3. The topological polar surface area (TPSA) is 39.1 Å². The molecule has 4 heteroatoms. The quantitative estimate of drug-likeness (QED) is 0.860. The molecule has 0 aromatic carbocycles. The lowest BCUT2D eigenvalue weighted by atomic mass is 9.93. The lowest BCUT2D eigenvalue weighted by Crippen LogP contribution is -2.26. The van der Waals surface area contributed by atoms with Crippen LogP contribution in [-0.4, -0.2) is 36.1 Å². The minimum atomic E-state index is 0.663. The third-order valence-electron chi connectivity index (χ3n) is 3.93. The van der Waals surface area contributed by atoms with E-state index in [-0.39, 0.29) is 0 Å². The van der Waals surface area contributed by atoms with Gasteiger partial charge in [0.2, 0.25) is 0 Å². The molecule has 1 N–H and O–H groups in total. The van der Waals surface area contributed by atoms with Crippen LogP contribution >= 0.6 is 0 Å². The summed E-state index contributed by atoms with van der Waals surface area (Å²) in [5.41, 5.74) is 1.42. The van der Waals surface area contributed by atoms with E-state index in [1.54, 1.807) is 0 Å². The summed E-state index contributed by atoms with van der Waals surface area (Å²) in [6.45, 7) is 5.14. The first-order valence-electron chi connectivity index (χ1n) is 6.72. The van der Waals surface area contributed by atoms with Crippen LogP contribution in [-0.2, 0) is 11.3 Å². The number of rotatable bonds is 3. The summed E-state index contributed by atoms with van der Waals surface area (Å²) in [5.74, 6) is 1.38.